The zero-order valence-corrected chi connectivity index (χ0v) is 17.8. The Morgan fingerprint density at radius 1 is 1.28 bits per heavy atom. The summed E-state index contributed by atoms with van der Waals surface area (Å²) in [5.41, 5.74) is -0.872. The molecule has 3 aromatic rings. The van der Waals surface area contributed by atoms with Crippen LogP contribution in [-0.4, -0.2) is 34.6 Å². The average Bonchev–Trinajstić information content (AvgIpc) is 3.36. The van der Waals surface area contributed by atoms with Crippen molar-refractivity contribution in [3.8, 4) is 11.1 Å². The van der Waals surface area contributed by atoms with Gasteiger partial charge in [0.15, 0.2) is 0 Å². The van der Waals surface area contributed by atoms with E-state index in [2.05, 4.69) is 0 Å². The molecule has 170 valence electrons. The van der Waals surface area contributed by atoms with Crippen LogP contribution in [0.2, 0.25) is 0 Å². The molecule has 1 aromatic carbocycles. The van der Waals surface area contributed by atoms with Crippen LogP contribution in [0.15, 0.2) is 34.6 Å². The molecule has 4 nitrogen and oxygen atoms in total. The SMILES string of the molecule is CCc1cn(CC(=O)N2CCC(F)C2)c(=O)c2c(-c3ccc(F)c(C(F)(F)F)c3)csc12. The van der Waals surface area contributed by atoms with Crippen LogP contribution >= 0.6 is 11.3 Å². The minimum absolute atomic E-state index is 0.0179. The van der Waals surface area contributed by atoms with E-state index >= 15 is 0 Å². The number of alkyl halides is 4. The molecule has 0 aliphatic carbocycles. The minimum atomic E-state index is -4.88. The number of rotatable bonds is 4. The number of benzene rings is 1. The quantitative estimate of drug-likeness (QED) is 0.503. The maximum absolute atomic E-state index is 13.8. The number of carbonyl (C=O) groups is 1. The van der Waals surface area contributed by atoms with Crippen LogP contribution in [0.4, 0.5) is 22.0 Å². The van der Waals surface area contributed by atoms with Gasteiger partial charge in [-0.2, -0.15) is 13.2 Å². The Morgan fingerprint density at radius 2 is 2.03 bits per heavy atom. The van der Waals surface area contributed by atoms with Crippen molar-refractivity contribution in [1.29, 1.82) is 0 Å². The third kappa shape index (κ3) is 4.03. The normalized spacial score (nSPS) is 16.8. The topological polar surface area (TPSA) is 42.3 Å². The summed E-state index contributed by atoms with van der Waals surface area (Å²) in [5, 5.41) is 1.76. The first-order chi connectivity index (χ1) is 15.1. The number of pyridine rings is 1. The Kier molecular flexibility index (Phi) is 5.83. The summed E-state index contributed by atoms with van der Waals surface area (Å²) in [7, 11) is 0. The number of fused-ring (bicyclic) bond motifs is 1. The molecule has 1 aliphatic rings. The molecule has 2 aromatic heterocycles. The fourth-order valence-corrected chi connectivity index (χ4v) is 5.09. The van der Waals surface area contributed by atoms with Crippen molar-refractivity contribution >= 4 is 27.3 Å². The number of halogens is 5. The maximum Gasteiger partial charge on any atom is 0.419 e. The Balaban J connectivity index is 1.82. The van der Waals surface area contributed by atoms with Gasteiger partial charge in [-0.3, -0.25) is 9.59 Å². The van der Waals surface area contributed by atoms with Gasteiger partial charge in [0, 0.05) is 28.4 Å². The van der Waals surface area contributed by atoms with Gasteiger partial charge in [0.1, 0.15) is 18.5 Å². The highest BCUT2D eigenvalue weighted by atomic mass is 32.1. The number of nitrogens with zero attached hydrogens (tertiary/aromatic N) is 2. The second-order valence-corrected chi connectivity index (χ2v) is 8.59. The Hall–Kier alpha value is -2.75. The summed E-state index contributed by atoms with van der Waals surface area (Å²) < 4.78 is 68.6. The van der Waals surface area contributed by atoms with E-state index in [-0.39, 0.29) is 42.6 Å². The van der Waals surface area contributed by atoms with Gasteiger partial charge >= 0.3 is 6.18 Å². The zero-order chi connectivity index (χ0) is 23.2. The zero-order valence-electron chi connectivity index (χ0n) is 17.0. The molecule has 10 heteroatoms. The van der Waals surface area contributed by atoms with Crippen molar-refractivity contribution < 1.29 is 26.7 Å². The number of hydrogen-bond acceptors (Lipinski definition) is 3. The van der Waals surface area contributed by atoms with E-state index in [1.807, 2.05) is 6.92 Å². The first-order valence-corrected chi connectivity index (χ1v) is 10.9. The highest BCUT2D eigenvalue weighted by Crippen LogP contribution is 2.38. The summed E-state index contributed by atoms with van der Waals surface area (Å²) in [6, 6.07) is 2.62. The van der Waals surface area contributed by atoms with Gasteiger partial charge in [0.25, 0.3) is 5.56 Å². The van der Waals surface area contributed by atoms with Crippen molar-refractivity contribution in [2.75, 3.05) is 13.1 Å². The highest BCUT2D eigenvalue weighted by molar-refractivity contribution is 7.18. The van der Waals surface area contributed by atoms with Crippen LogP contribution in [-0.2, 0) is 23.9 Å². The van der Waals surface area contributed by atoms with E-state index in [9.17, 15) is 31.5 Å². The predicted molar refractivity (Wildman–Crippen MR) is 112 cm³/mol. The van der Waals surface area contributed by atoms with Crippen LogP contribution in [0.1, 0.15) is 24.5 Å². The molecule has 0 N–H and O–H groups in total. The number of thiophene rings is 1. The molecule has 3 heterocycles. The summed E-state index contributed by atoms with van der Waals surface area (Å²) in [4.78, 5) is 27.2. The van der Waals surface area contributed by atoms with Gasteiger partial charge in [-0.25, -0.2) is 8.78 Å². The molecule has 1 amide bonds. The van der Waals surface area contributed by atoms with Crippen LogP contribution in [0.25, 0.3) is 21.2 Å². The number of aryl methyl sites for hydroxylation is 1. The summed E-state index contributed by atoms with van der Waals surface area (Å²) in [5.74, 6) is -1.79. The van der Waals surface area contributed by atoms with E-state index < -0.39 is 35.2 Å². The molecule has 32 heavy (non-hydrogen) atoms. The Morgan fingerprint density at radius 3 is 2.66 bits per heavy atom. The molecule has 1 unspecified atom stereocenters. The van der Waals surface area contributed by atoms with Crippen molar-refractivity contribution in [2.24, 2.45) is 0 Å². The maximum atomic E-state index is 13.8. The number of hydrogen-bond donors (Lipinski definition) is 0. The van der Waals surface area contributed by atoms with Crippen LogP contribution in [0.5, 0.6) is 0 Å². The molecule has 0 spiro atoms. The first-order valence-electron chi connectivity index (χ1n) is 10.0. The van der Waals surface area contributed by atoms with Gasteiger partial charge in [0.05, 0.1) is 17.5 Å². The molecule has 1 fully saturated rings. The third-order valence-corrected chi connectivity index (χ3v) is 6.68. The molecular formula is C22H19F5N2O2S. The van der Waals surface area contributed by atoms with E-state index in [1.165, 1.54) is 26.9 Å². The Bertz CT molecular complexity index is 1250. The lowest BCUT2D eigenvalue weighted by Gasteiger charge is -2.17. The number of carbonyl (C=O) groups excluding carboxylic acids is 1. The lowest BCUT2D eigenvalue weighted by atomic mass is 10.0. The van der Waals surface area contributed by atoms with E-state index in [1.54, 1.807) is 11.6 Å². The van der Waals surface area contributed by atoms with Crippen molar-refractivity contribution in [2.45, 2.75) is 38.7 Å². The van der Waals surface area contributed by atoms with Crippen LogP contribution in [0.3, 0.4) is 0 Å². The van der Waals surface area contributed by atoms with Crippen LogP contribution in [0, 0.1) is 5.82 Å². The second-order valence-electron chi connectivity index (χ2n) is 7.71. The van der Waals surface area contributed by atoms with Crippen molar-refractivity contribution in [3.63, 3.8) is 0 Å². The lowest BCUT2D eigenvalue weighted by Crippen LogP contribution is -2.35. The van der Waals surface area contributed by atoms with E-state index in [0.29, 0.717) is 17.2 Å². The largest absolute Gasteiger partial charge is 0.419 e. The fourth-order valence-electron chi connectivity index (χ4n) is 3.94. The molecule has 0 radical (unpaired) electrons. The van der Waals surface area contributed by atoms with Crippen molar-refractivity contribution in [1.82, 2.24) is 9.47 Å². The lowest BCUT2D eigenvalue weighted by molar-refractivity contribution is -0.140. The van der Waals surface area contributed by atoms with Gasteiger partial charge in [0.2, 0.25) is 5.91 Å². The number of likely N-dealkylation sites (tertiary alicyclic amines) is 1. The molecular weight excluding hydrogens is 451 g/mol. The third-order valence-electron chi connectivity index (χ3n) is 5.62. The second kappa shape index (κ2) is 8.31. The molecule has 0 bridgehead atoms. The standard InChI is InChI=1S/C22H19F5N2O2S/c1-2-12-8-29(10-18(30)28-6-5-14(23)9-28)21(31)19-15(11-32-20(12)19)13-3-4-17(24)16(7-13)22(25,26)27/h3-4,7-8,11,14H,2,5-6,9-10H2,1H3. The average molecular weight is 470 g/mol. The van der Waals surface area contributed by atoms with Gasteiger partial charge < -0.3 is 9.47 Å². The smallest absolute Gasteiger partial charge is 0.338 e. The van der Waals surface area contributed by atoms with Crippen LogP contribution < -0.4 is 5.56 Å². The van der Waals surface area contributed by atoms with Gasteiger partial charge in [-0.1, -0.05) is 13.0 Å². The van der Waals surface area contributed by atoms with Gasteiger partial charge in [-0.15, -0.1) is 11.3 Å². The molecule has 4 rings (SSSR count). The minimum Gasteiger partial charge on any atom is -0.338 e. The molecule has 0 saturated carbocycles. The molecule has 1 saturated heterocycles. The number of aromatic nitrogens is 1. The molecule has 1 aliphatic heterocycles. The molecule has 1 atom stereocenters. The Labute approximate surface area is 183 Å². The predicted octanol–water partition coefficient (Wildman–Crippen LogP) is 5.02. The summed E-state index contributed by atoms with van der Waals surface area (Å²) >= 11 is 1.21. The number of amides is 1. The highest BCUT2D eigenvalue weighted by Gasteiger charge is 2.34. The van der Waals surface area contributed by atoms with E-state index in [0.717, 1.165) is 11.6 Å². The fraction of sp³-hybridized carbons (Fsp3) is 0.364. The summed E-state index contributed by atoms with van der Waals surface area (Å²) in [6.07, 6.45) is -3.62. The van der Waals surface area contributed by atoms with Crippen molar-refractivity contribution in [3.05, 3.63) is 57.1 Å². The van der Waals surface area contributed by atoms with Gasteiger partial charge in [-0.05, 0) is 36.1 Å². The van der Waals surface area contributed by atoms with E-state index in [4.69, 9.17) is 0 Å². The summed E-state index contributed by atoms with van der Waals surface area (Å²) in [6.45, 7) is 1.83. The monoisotopic (exact) mass is 470 g/mol. The first kappa shape index (κ1) is 22.4.